The van der Waals surface area contributed by atoms with E-state index < -0.39 is 0 Å². The summed E-state index contributed by atoms with van der Waals surface area (Å²) in [5, 5.41) is 3.28. The molecule has 13 heavy (non-hydrogen) atoms. The largest absolute Gasteiger partial charge is 0.459 e. The highest BCUT2D eigenvalue weighted by Crippen LogP contribution is 2.41. The van der Waals surface area contributed by atoms with E-state index in [1.165, 1.54) is 6.42 Å². The summed E-state index contributed by atoms with van der Waals surface area (Å²) in [5.74, 6) is 0.664. The Hall–Kier alpha value is -0.570. The van der Waals surface area contributed by atoms with Crippen LogP contribution in [-0.2, 0) is 9.53 Å². The van der Waals surface area contributed by atoms with Crippen molar-refractivity contribution in [2.75, 3.05) is 0 Å². The number of carbonyl (C=O) groups is 1. The van der Waals surface area contributed by atoms with Crippen LogP contribution in [0.5, 0.6) is 0 Å². The van der Waals surface area contributed by atoms with Crippen molar-refractivity contribution in [3.05, 3.63) is 0 Å². The van der Waals surface area contributed by atoms with Crippen molar-refractivity contribution in [1.82, 2.24) is 5.32 Å². The number of rotatable bonds is 1. The number of fused-ring (bicyclic) bond motifs is 1. The zero-order valence-electron chi connectivity index (χ0n) is 8.46. The third-order valence-electron chi connectivity index (χ3n) is 2.57. The minimum atomic E-state index is -0.356. The van der Waals surface area contributed by atoms with Crippen molar-refractivity contribution in [1.29, 1.82) is 0 Å². The number of piperidine rings is 1. The van der Waals surface area contributed by atoms with E-state index in [1.807, 2.05) is 20.8 Å². The molecule has 3 atom stereocenters. The van der Waals surface area contributed by atoms with Gasteiger partial charge in [-0.3, -0.25) is 4.79 Å². The first-order valence-electron chi connectivity index (χ1n) is 4.94. The van der Waals surface area contributed by atoms with Gasteiger partial charge in [0.15, 0.2) is 0 Å². The van der Waals surface area contributed by atoms with Crippen LogP contribution in [0.1, 0.15) is 33.6 Å². The lowest BCUT2D eigenvalue weighted by Crippen LogP contribution is -2.39. The van der Waals surface area contributed by atoms with Crippen LogP contribution in [0.15, 0.2) is 0 Å². The summed E-state index contributed by atoms with van der Waals surface area (Å²) in [6, 6.07) is 0.570. The number of esters is 1. The van der Waals surface area contributed by atoms with E-state index in [0.717, 1.165) is 12.3 Å². The topological polar surface area (TPSA) is 38.3 Å². The third-order valence-corrected chi connectivity index (χ3v) is 2.57. The second kappa shape index (κ2) is 2.71. The first-order chi connectivity index (χ1) is 5.96. The normalized spacial score (nSPS) is 37.0. The lowest BCUT2D eigenvalue weighted by molar-refractivity contribution is -0.157. The Labute approximate surface area is 78.8 Å². The van der Waals surface area contributed by atoms with Gasteiger partial charge in [0, 0.05) is 6.04 Å². The summed E-state index contributed by atoms with van der Waals surface area (Å²) < 4.78 is 5.29. The van der Waals surface area contributed by atoms with Gasteiger partial charge in [0.1, 0.15) is 11.6 Å². The minimum absolute atomic E-state index is 0.0389. The van der Waals surface area contributed by atoms with Gasteiger partial charge in [-0.1, -0.05) is 0 Å². The van der Waals surface area contributed by atoms with E-state index >= 15 is 0 Å². The Balaban J connectivity index is 1.84. The molecule has 2 fully saturated rings. The van der Waals surface area contributed by atoms with E-state index in [2.05, 4.69) is 5.32 Å². The van der Waals surface area contributed by atoms with Gasteiger partial charge in [0.2, 0.25) is 0 Å². The lowest BCUT2D eigenvalue weighted by Gasteiger charge is -2.22. The average molecular weight is 183 g/mol. The average Bonchev–Trinajstić information content (AvgIpc) is 2.55. The summed E-state index contributed by atoms with van der Waals surface area (Å²) >= 11 is 0. The summed E-state index contributed by atoms with van der Waals surface area (Å²) in [7, 11) is 0. The molecule has 0 spiro atoms. The summed E-state index contributed by atoms with van der Waals surface area (Å²) in [6.07, 6.45) is 2.22. The SMILES string of the molecule is CC(C)(C)OC(=O)[C@@H]1C[C@H]2C[C@H]2N1. The van der Waals surface area contributed by atoms with Gasteiger partial charge in [-0.25, -0.2) is 0 Å². The Morgan fingerprint density at radius 3 is 2.54 bits per heavy atom. The molecule has 0 unspecified atom stereocenters. The Kier molecular flexibility index (Phi) is 1.88. The van der Waals surface area contributed by atoms with Gasteiger partial charge in [-0.2, -0.15) is 0 Å². The van der Waals surface area contributed by atoms with Crippen LogP contribution in [-0.4, -0.2) is 23.7 Å². The molecule has 1 saturated heterocycles. The van der Waals surface area contributed by atoms with Crippen LogP contribution in [0.2, 0.25) is 0 Å². The number of nitrogens with one attached hydrogen (secondary N) is 1. The molecule has 0 aromatic rings. The zero-order chi connectivity index (χ0) is 9.64. The molecule has 0 aromatic heterocycles. The number of hydrogen-bond acceptors (Lipinski definition) is 3. The van der Waals surface area contributed by atoms with Crippen molar-refractivity contribution in [2.24, 2.45) is 5.92 Å². The molecule has 1 aliphatic carbocycles. The second-order valence-corrected chi connectivity index (χ2v) is 5.09. The molecule has 0 aromatic carbocycles. The molecule has 1 heterocycles. The third kappa shape index (κ3) is 2.02. The predicted molar refractivity (Wildman–Crippen MR) is 49.3 cm³/mol. The molecule has 1 aliphatic heterocycles. The molecule has 0 bridgehead atoms. The van der Waals surface area contributed by atoms with Crippen LogP contribution in [0, 0.1) is 5.92 Å². The highest BCUT2D eigenvalue weighted by atomic mass is 16.6. The first-order valence-corrected chi connectivity index (χ1v) is 4.94. The van der Waals surface area contributed by atoms with Crippen molar-refractivity contribution >= 4 is 5.97 Å². The van der Waals surface area contributed by atoms with E-state index in [0.29, 0.717) is 6.04 Å². The molecular formula is C10H17NO2. The number of hydrogen-bond donors (Lipinski definition) is 1. The van der Waals surface area contributed by atoms with E-state index in [4.69, 9.17) is 4.74 Å². The monoisotopic (exact) mass is 183 g/mol. The van der Waals surface area contributed by atoms with E-state index in [-0.39, 0.29) is 17.6 Å². The van der Waals surface area contributed by atoms with Crippen molar-refractivity contribution in [3.8, 4) is 0 Å². The van der Waals surface area contributed by atoms with Crippen molar-refractivity contribution in [3.63, 3.8) is 0 Å². The minimum Gasteiger partial charge on any atom is -0.459 e. The molecule has 1 saturated carbocycles. The molecule has 0 amide bonds. The fourth-order valence-electron chi connectivity index (χ4n) is 1.88. The van der Waals surface area contributed by atoms with E-state index in [1.54, 1.807) is 0 Å². The fourth-order valence-corrected chi connectivity index (χ4v) is 1.88. The molecule has 74 valence electrons. The standard InChI is InChI=1S/C10H17NO2/c1-10(2,3)13-9(12)8-5-6-4-7(6)11-8/h6-8,11H,4-5H2,1-3H3/t6-,7-,8+/m1/s1. The van der Waals surface area contributed by atoms with Crippen molar-refractivity contribution < 1.29 is 9.53 Å². The summed E-state index contributed by atoms with van der Waals surface area (Å²) in [5.41, 5.74) is -0.356. The first kappa shape index (κ1) is 9.00. The predicted octanol–water partition coefficient (Wildman–Crippen LogP) is 1.08. The van der Waals surface area contributed by atoms with Crippen LogP contribution in [0.4, 0.5) is 0 Å². The van der Waals surface area contributed by atoms with Crippen LogP contribution >= 0.6 is 0 Å². The molecule has 1 N–H and O–H groups in total. The fraction of sp³-hybridized carbons (Fsp3) is 0.900. The Morgan fingerprint density at radius 1 is 1.38 bits per heavy atom. The van der Waals surface area contributed by atoms with Crippen LogP contribution in [0.25, 0.3) is 0 Å². The number of ether oxygens (including phenoxy) is 1. The van der Waals surface area contributed by atoms with Crippen molar-refractivity contribution in [2.45, 2.75) is 51.3 Å². The van der Waals surface area contributed by atoms with Crippen LogP contribution < -0.4 is 5.32 Å². The summed E-state index contributed by atoms with van der Waals surface area (Å²) in [4.78, 5) is 11.5. The Bertz CT molecular complexity index is 222. The maximum absolute atomic E-state index is 11.5. The highest BCUT2D eigenvalue weighted by Gasteiger charge is 2.48. The highest BCUT2D eigenvalue weighted by molar-refractivity contribution is 5.77. The maximum Gasteiger partial charge on any atom is 0.323 e. The molecule has 2 rings (SSSR count). The van der Waals surface area contributed by atoms with E-state index in [9.17, 15) is 4.79 Å². The quantitative estimate of drug-likeness (QED) is 0.618. The van der Waals surface area contributed by atoms with Gasteiger partial charge < -0.3 is 10.1 Å². The smallest absolute Gasteiger partial charge is 0.323 e. The van der Waals surface area contributed by atoms with Gasteiger partial charge in [-0.05, 0) is 39.5 Å². The summed E-state index contributed by atoms with van der Waals surface area (Å²) in [6.45, 7) is 5.71. The zero-order valence-corrected chi connectivity index (χ0v) is 8.46. The van der Waals surface area contributed by atoms with Gasteiger partial charge in [-0.15, -0.1) is 0 Å². The lowest BCUT2D eigenvalue weighted by atomic mass is 10.1. The molecule has 3 nitrogen and oxygen atoms in total. The Morgan fingerprint density at radius 2 is 2.08 bits per heavy atom. The molecule has 2 aliphatic rings. The van der Waals surface area contributed by atoms with Gasteiger partial charge >= 0.3 is 5.97 Å². The molecule has 3 heteroatoms. The van der Waals surface area contributed by atoms with Gasteiger partial charge in [0.05, 0.1) is 0 Å². The van der Waals surface area contributed by atoms with Gasteiger partial charge in [0.25, 0.3) is 0 Å². The maximum atomic E-state index is 11.5. The molecule has 0 radical (unpaired) electrons. The second-order valence-electron chi connectivity index (χ2n) is 5.09. The molecular weight excluding hydrogens is 166 g/mol. The van der Waals surface area contributed by atoms with Crippen LogP contribution in [0.3, 0.4) is 0 Å². The number of carbonyl (C=O) groups excluding carboxylic acids is 1.